The number of carboxylic acids is 1. The average Bonchev–Trinajstić information content (AvgIpc) is 2.67. The number of hydrogen-bond acceptors (Lipinski definition) is 6. The van der Waals surface area contributed by atoms with Crippen LogP contribution in [0.4, 0.5) is 5.00 Å². The number of aromatic nitrogens is 1. The maximum absolute atomic E-state index is 11.7. The first kappa shape index (κ1) is 14.9. The molecule has 1 heterocycles. The van der Waals surface area contributed by atoms with Gasteiger partial charge in [0.1, 0.15) is 10.6 Å². The van der Waals surface area contributed by atoms with Crippen molar-refractivity contribution in [3.05, 3.63) is 11.3 Å². The standard InChI is InChI=1S/C10H15N3O3S2/c1-5-7(10(15)16)9(18-13-5)12-8(14)6(11)3-4-17-2/h6H,3-4,11H2,1-2H3,(H,12,14)(H,15,16)/t6-/m0/s1. The highest BCUT2D eigenvalue weighted by Gasteiger charge is 2.21. The molecule has 0 fully saturated rings. The lowest BCUT2D eigenvalue weighted by molar-refractivity contribution is -0.117. The van der Waals surface area contributed by atoms with Gasteiger partial charge in [-0.3, -0.25) is 4.79 Å². The Bertz CT molecular complexity index is 448. The second-order valence-electron chi connectivity index (χ2n) is 3.65. The molecule has 0 bridgehead atoms. The first-order chi connectivity index (χ1) is 8.47. The number of nitrogens with zero attached hydrogens (tertiary/aromatic N) is 1. The number of carbonyl (C=O) groups is 2. The number of aryl methyl sites for hydroxylation is 1. The summed E-state index contributed by atoms with van der Waals surface area (Å²) in [5.74, 6) is -0.702. The molecule has 1 rings (SSSR count). The van der Waals surface area contributed by atoms with Crippen molar-refractivity contribution in [1.82, 2.24) is 4.37 Å². The van der Waals surface area contributed by atoms with Crippen LogP contribution in [-0.2, 0) is 4.79 Å². The van der Waals surface area contributed by atoms with Crippen LogP contribution >= 0.6 is 23.3 Å². The molecule has 0 aliphatic heterocycles. The van der Waals surface area contributed by atoms with Crippen LogP contribution in [0, 0.1) is 6.92 Å². The molecule has 1 atom stereocenters. The number of nitrogens with one attached hydrogen (secondary N) is 1. The quantitative estimate of drug-likeness (QED) is 0.726. The SMILES string of the molecule is CSCC[C@H](N)C(=O)Nc1snc(C)c1C(=O)O. The molecule has 1 aromatic heterocycles. The summed E-state index contributed by atoms with van der Waals surface area (Å²) in [7, 11) is 0. The van der Waals surface area contributed by atoms with E-state index in [2.05, 4.69) is 9.69 Å². The zero-order valence-corrected chi connectivity index (χ0v) is 11.7. The van der Waals surface area contributed by atoms with Gasteiger partial charge in [0.05, 0.1) is 11.7 Å². The Morgan fingerprint density at radius 2 is 2.28 bits per heavy atom. The van der Waals surface area contributed by atoms with E-state index in [4.69, 9.17) is 10.8 Å². The summed E-state index contributed by atoms with van der Waals surface area (Å²) in [6, 6.07) is -0.637. The van der Waals surface area contributed by atoms with Crippen LogP contribution in [0.2, 0.25) is 0 Å². The maximum atomic E-state index is 11.7. The van der Waals surface area contributed by atoms with Gasteiger partial charge in [0.15, 0.2) is 0 Å². The number of anilines is 1. The lowest BCUT2D eigenvalue weighted by Gasteiger charge is -2.10. The highest BCUT2D eigenvalue weighted by atomic mass is 32.2. The molecular weight excluding hydrogens is 274 g/mol. The summed E-state index contributed by atoms with van der Waals surface area (Å²) in [4.78, 5) is 22.8. The van der Waals surface area contributed by atoms with Gasteiger partial charge in [0, 0.05) is 0 Å². The van der Waals surface area contributed by atoms with Crippen molar-refractivity contribution in [3.63, 3.8) is 0 Å². The molecule has 0 spiro atoms. The fourth-order valence-electron chi connectivity index (χ4n) is 1.29. The Balaban J connectivity index is 2.73. The first-order valence-electron chi connectivity index (χ1n) is 5.22. The van der Waals surface area contributed by atoms with Crippen LogP contribution in [0.3, 0.4) is 0 Å². The van der Waals surface area contributed by atoms with Crippen molar-refractivity contribution >= 4 is 40.2 Å². The van der Waals surface area contributed by atoms with Crippen molar-refractivity contribution in [2.24, 2.45) is 5.73 Å². The molecule has 4 N–H and O–H groups in total. The number of amides is 1. The summed E-state index contributed by atoms with van der Waals surface area (Å²) >= 11 is 2.55. The van der Waals surface area contributed by atoms with Gasteiger partial charge >= 0.3 is 5.97 Å². The first-order valence-corrected chi connectivity index (χ1v) is 7.39. The molecule has 0 saturated carbocycles. The van der Waals surface area contributed by atoms with Crippen molar-refractivity contribution in [2.45, 2.75) is 19.4 Å². The molecule has 0 radical (unpaired) electrons. The fraction of sp³-hybridized carbons (Fsp3) is 0.500. The lowest BCUT2D eigenvalue weighted by Crippen LogP contribution is -2.36. The third-order valence-electron chi connectivity index (χ3n) is 2.28. The molecule has 1 aromatic rings. The highest BCUT2D eigenvalue weighted by Crippen LogP contribution is 2.24. The summed E-state index contributed by atoms with van der Waals surface area (Å²) in [6.07, 6.45) is 2.48. The molecule has 18 heavy (non-hydrogen) atoms. The highest BCUT2D eigenvalue weighted by molar-refractivity contribution is 7.98. The number of aromatic carboxylic acids is 1. The minimum Gasteiger partial charge on any atom is -0.478 e. The molecule has 0 aromatic carbocycles. The Morgan fingerprint density at radius 1 is 1.61 bits per heavy atom. The smallest absolute Gasteiger partial charge is 0.340 e. The number of nitrogens with two attached hydrogens (primary N) is 1. The number of hydrogen-bond donors (Lipinski definition) is 3. The Kier molecular flexibility index (Phi) is 5.57. The second kappa shape index (κ2) is 6.72. The number of thioether (sulfide) groups is 1. The molecular formula is C10H15N3O3S2. The molecule has 100 valence electrons. The molecule has 0 saturated heterocycles. The minimum atomic E-state index is -1.10. The Morgan fingerprint density at radius 3 is 2.83 bits per heavy atom. The van der Waals surface area contributed by atoms with E-state index in [0.717, 1.165) is 17.3 Å². The largest absolute Gasteiger partial charge is 0.478 e. The summed E-state index contributed by atoms with van der Waals surface area (Å²) in [5, 5.41) is 11.8. The Labute approximate surface area is 113 Å². The normalized spacial score (nSPS) is 12.2. The molecule has 0 aliphatic carbocycles. The van der Waals surface area contributed by atoms with Gasteiger partial charge in [-0.25, -0.2) is 4.79 Å². The van der Waals surface area contributed by atoms with E-state index in [1.54, 1.807) is 18.7 Å². The van der Waals surface area contributed by atoms with Crippen LogP contribution in [0.15, 0.2) is 0 Å². The fourth-order valence-corrected chi connectivity index (χ4v) is 2.57. The van der Waals surface area contributed by atoms with Gasteiger partial charge in [-0.15, -0.1) is 0 Å². The topological polar surface area (TPSA) is 105 Å². The van der Waals surface area contributed by atoms with Gasteiger partial charge in [0.25, 0.3) is 0 Å². The number of rotatable bonds is 6. The number of carbonyl (C=O) groups excluding carboxylic acids is 1. The van der Waals surface area contributed by atoms with E-state index in [1.165, 1.54) is 0 Å². The van der Waals surface area contributed by atoms with Gasteiger partial charge in [-0.2, -0.15) is 16.1 Å². The zero-order valence-electron chi connectivity index (χ0n) is 10.1. The van der Waals surface area contributed by atoms with E-state index in [1.807, 2.05) is 6.26 Å². The number of carboxylic acid groups (broad SMARTS) is 1. The third-order valence-corrected chi connectivity index (χ3v) is 3.78. The van der Waals surface area contributed by atoms with Gasteiger partial charge < -0.3 is 16.2 Å². The third kappa shape index (κ3) is 3.69. The maximum Gasteiger partial charge on any atom is 0.340 e. The van der Waals surface area contributed by atoms with Crippen LogP contribution in [-0.4, -0.2) is 39.4 Å². The van der Waals surface area contributed by atoms with Crippen molar-refractivity contribution in [3.8, 4) is 0 Å². The van der Waals surface area contributed by atoms with E-state index in [9.17, 15) is 9.59 Å². The van der Waals surface area contributed by atoms with Crippen molar-refractivity contribution in [1.29, 1.82) is 0 Å². The lowest BCUT2D eigenvalue weighted by atomic mass is 10.2. The van der Waals surface area contributed by atoms with E-state index in [-0.39, 0.29) is 16.5 Å². The van der Waals surface area contributed by atoms with Gasteiger partial charge in [0.2, 0.25) is 5.91 Å². The predicted molar refractivity (Wildman–Crippen MR) is 73.4 cm³/mol. The van der Waals surface area contributed by atoms with E-state index >= 15 is 0 Å². The monoisotopic (exact) mass is 289 g/mol. The van der Waals surface area contributed by atoms with Crippen molar-refractivity contribution < 1.29 is 14.7 Å². The average molecular weight is 289 g/mol. The van der Waals surface area contributed by atoms with Crippen LogP contribution in [0.25, 0.3) is 0 Å². The van der Waals surface area contributed by atoms with Gasteiger partial charge in [-0.05, 0) is 36.9 Å². The Hall–Kier alpha value is -1.12. The minimum absolute atomic E-state index is 0.0328. The molecule has 8 heteroatoms. The summed E-state index contributed by atoms with van der Waals surface area (Å²) in [6.45, 7) is 1.59. The van der Waals surface area contributed by atoms with Crippen molar-refractivity contribution in [2.75, 3.05) is 17.3 Å². The van der Waals surface area contributed by atoms with Gasteiger partial charge in [-0.1, -0.05) is 0 Å². The molecule has 6 nitrogen and oxygen atoms in total. The van der Waals surface area contributed by atoms with Crippen LogP contribution in [0.1, 0.15) is 22.5 Å². The van der Waals surface area contributed by atoms with Crippen LogP contribution in [0.5, 0.6) is 0 Å². The second-order valence-corrected chi connectivity index (χ2v) is 5.41. The van der Waals surface area contributed by atoms with Crippen LogP contribution < -0.4 is 11.1 Å². The summed E-state index contributed by atoms with van der Waals surface area (Å²) < 4.78 is 3.91. The summed E-state index contributed by atoms with van der Waals surface area (Å²) in [5.41, 5.74) is 6.12. The van der Waals surface area contributed by atoms with E-state index < -0.39 is 12.0 Å². The molecule has 0 unspecified atom stereocenters. The van der Waals surface area contributed by atoms with E-state index in [0.29, 0.717) is 12.1 Å². The predicted octanol–water partition coefficient (Wildman–Crippen LogP) is 1.17. The zero-order chi connectivity index (χ0) is 13.7. The molecule has 0 aliphatic rings. The molecule has 1 amide bonds.